The van der Waals surface area contributed by atoms with Gasteiger partial charge in [0.15, 0.2) is 0 Å². The summed E-state index contributed by atoms with van der Waals surface area (Å²) < 4.78 is 0. The Morgan fingerprint density at radius 2 is 2.45 bits per heavy atom. The van der Waals surface area contributed by atoms with Gasteiger partial charge in [-0.15, -0.1) is 0 Å². The number of nitrogens with one attached hydrogen (secondary N) is 1. The monoisotopic (exact) mass is 156 g/mol. The molecular formula is C8H16N2O. The average Bonchev–Trinajstić information content (AvgIpc) is 2.35. The molecule has 64 valence electrons. The highest BCUT2D eigenvalue weighted by Crippen LogP contribution is 2.17. The van der Waals surface area contributed by atoms with Crippen LogP contribution in [0.4, 0.5) is 0 Å². The summed E-state index contributed by atoms with van der Waals surface area (Å²) >= 11 is 0. The van der Waals surface area contributed by atoms with E-state index in [4.69, 9.17) is 0 Å². The highest BCUT2D eigenvalue weighted by atomic mass is 16.1. The Labute approximate surface area is 67.8 Å². The number of hydrogen-bond donors (Lipinski definition) is 1. The second-order valence-corrected chi connectivity index (χ2v) is 3.29. The van der Waals surface area contributed by atoms with Gasteiger partial charge >= 0.3 is 0 Å². The van der Waals surface area contributed by atoms with E-state index in [1.54, 1.807) is 7.05 Å². The number of carbonyl (C=O) groups is 1. The van der Waals surface area contributed by atoms with Gasteiger partial charge in [-0.25, -0.2) is 0 Å². The van der Waals surface area contributed by atoms with Gasteiger partial charge in [0.1, 0.15) is 0 Å². The molecule has 1 unspecified atom stereocenters. The minimum Gasteiger partial charge on any atom is -0.359 e. The number of amides is 1. The van der Waals surface area contributed by atoms with Crippen LogP contribution in [0.1, 0.15) is 12.8 Å². The largest absolute Gasteiger partial charge is 0.359 e. The van der Waals surface area contributed by atoms with Crippen molar-refractivity contribution in [1.82, 2.24) is 10.2 Å². The minimum absolute atomic E-state index is 0.172. The summed E-state index contributed by atoms with van der Waals surface area (Å²) in [6.45, 7) is 2.22. The molecule has 1 aliphatic heterocycles. The maximum atomic E-state index is 10.9. The summed E-state index contributed by atoms with van der Waals surface area (Å²) in [5, 5.41) is 2.65. The van der Waals surface area contributed by atoms with E-state index in [2.05, 4.69) is 17.3 Å². The van der Waals surface area contributed by atoms with Crippen molar-refractivity contribution in [2.45, 2.75) is 12.8 Å². The van der Waals surface area contributed by atoms with E-state index >= 15 is 0 Å². The van der Waals surface area contributed by atoms with Crippen LogP contribution >= 0.6 is 0 Å². The standard InChI is InChI=1S/C8H16N2O/c1-9-8(11)5-7-3-4-10(2)6-7/h7H,3-6H2,1-2H3,(H,9,11). The molecular weight excluding hydrogens is 140 g/mol. The normalized spacial score (nSPS) is 25.5. The summed E-state index contributed by atoms with van der Waals surface area (Å²) in [6, 6.07) is 0. The zero-order valence-electron chi connectivity index (χ0n) is 7.26. The van der Waals surface area contributed by atoms with Crippen LogP contribution in [0.25, 0.3) is 0 Å². The first-order valence-electron chi connectivity index (χ1n) is 4.11. The van der Waals surface area contributed by atoms with E-state index in [0.717, 1.165) is 13.1 Å². The second kappa shape index (κ2) is 3.72. The molecule has 11 heavy (non-hydrogen) atoms. The Bertz CT molecular complexity index is 147. The highest BCUT2D eigenvalue weighted by molar-refractivity contribution is 5.75. The molecule has 0 bridgehead atoms. The fraction of sp³-hybridized carbons (Fsp3) is 0.875. The fourth-order valence-corrected chi connectivity index (χ4v) is 1.56. The SMILES string of the molecule is CNC(=O)CC1CCN(C)C1. The lowest BCUT2D eigenvalue weighted by molar-refractivity contribution is -0.121. The van der Waals surface area contributed by atoms with Crippen LogP contribution in [0.2, 0.25) is 0 Å². The molecule has 0 aromatic rings. The molecule has 0 aliphatic carbocycles. The first-order chi connectivity index (χ1) is 5.22. The minimum atomic E-state index is 0.172. The van der Waals surface area contributed by atoms with Crippen molar-refractivity contribution in [2.75, 3.05) is 27.2 Å². The zero-order chi connectivity index (χ0) is 8.27. The quantitative estimate of drug-likeness (QED) is 0.614. The van der Waals surface area contributed by atoms with Gasteiger partial charge in [0, 0.05) is 20.0 Å². The molecule has 1 atom stereocenters. The molecule has 0 aromatic heterocycles. The molecule has 1 amide bonds. The van der Waals surface area contributed by atoms with E-state index in [0.29, 0.717) is 12.3 Å². The van der Waals surface area contributed by atoms with Gasteiger partial charge in [-0.05, 0) is 25.9 Å². The van der Waals surface area contributed by atoms with E-state index in [9.17, 15) is 4.79 Å². The summed E-state index contributed by atoms with van der Waals surface area (Å²) in [5.74, 6) is 0.755. The third kappa shape index (κ3) is 2.50. The van der Waals surface area contributed by atoms with Crippen LogP contribution in [0, 0.1) is 5.92 Å². The zero-order valence-corrected chi connectivity index (χ0v) is 7.26. The Kier molecular flexibility index (Phi) is 2.88. The third-order valence-corrected chi connectivity index (χ3v) is 2.24. The Morgan fingerprint density at radius 3 is 2.91 bits per heavy atom. The lowest BCUT2D eigenvalue weighted by atomic mass is 10.1. The van der Waals surface area contributed by atoms with E-state index in [1.807, 2.05) is 0 Å². The first-order valence-corrected chi connectivity index (χ1v) is 4.11. The van der Waals surface area contributed by atoms with Gasteiger partial charge < -0.3 is 10.2 Å². The molecule has 1 aliphatic rings. The molecule has 1 rings (SSSR count). The second-order valence-electron chi connectivity index (χ2n) is 3.29. The van der Waals surface area contributed by atoms with Crippen LogP contribution < -0.4 is 5.32 Å². The Hall–Kier alpha value is -0.570. The molecule has 3 heteroatoms. The molecule has 1 N–H and O–H groups in total. The van der Waals surface area contributed by atoms with Crippen LogP contribution in [0.15, 0.2) is 0 Å². The van der Waals surface area contributed by atoms with Crippen molar-refractivity contribution in [3.05, 3.63) is 0 Å². The number of nitrogens with zero attached hydrogens (tertiary/aromatic N) is 1. The van der Waals surface area contributed by atoms with E-state index in [1.165, 1.54) is 6.42 Å². The predicted molar refractivity (Wildman–Crippen MR) is 44.3 cm³/mol. The van der Waals surface area contributed by atoms with Crippen LogP contribution in [-0.4, -0.2) is 38.0 Å². The first kappa shape index (κ1) is 8.53. The molecule has 0 aromatic carbocycles. The van der Waals surface area contributed by atoms with Crippen LogP contribution in [0.5, 0.6) is 0 Å². The van der Waals surface area contributed by atoms with Crippen molar-refractivity contribution in [3.8, 4) is 0 Å². The average molecular weight is 156 g/mol. The van der Waals surface area contributed by atoms with Crippen LogP contribution in [0.3, 0.4) is 0 Å². The lowest BCUT2D eigenvalue weighted by Crippen LogP contribution is -2.22. The molecule has 1 saturated heterocycles. The van der Waals surface area contributed by atoms with E-state index in [-0.39, 0.29) is 5.91 Å². The maximum Gasteiger partial charge on any atom is 0.220 e. The summed E-state index contributed by atoms with van der Waals surface area (Å²) in [6.07, 6.45) is 1.87. The summed E-state index contributed by atoms with van der Waals surface area (Å²) in [5.41, 5.74) is 0. The number of hydrogen-bond acceptors (Lipinski definition) is 2. The van der Waals surface area contributed by atoms with Crippen LogP contribution in [-0.2, 0) is 4.79 Å². The predicted octanol–water partition coefficient (Wildman–Crippen LogP) is 0.0742. The van der Waals surface area contributed by atoms with Crippen molar-refractivity contribution < 1.29 is 4.79 Å². The van der Waals surface area contributed by atoms with Gasteiger partial charge in [0.05, 0.1) is 0 Å². The summed E-state index contributed by atoms with van der Waals surface area (Å²) in [4.78, 5) is 13.2. The topological polar surface area (TPSA) is 32.3 Å². The fourth-order valence-electron chi connectivity index (χ4n) is 1.56. The third-order valence-electron chi connectivity index (χ3n) is 2.24. The van der Waals surface area contributed by atoms with Gasteiger partial charge in [-0.2, -0.15) is 0 Å². The number of carbonyl (C=O) groups excluding carboxylic acids is 1. The van der Waals surface area contributed by atoms with Crippen molar-refractivity contribution in [2.24, 2.45) is 5.92 Å². The van der Waals surface area contributed by atoms with E-state index < -0.39 is 0 Å². The summed E-state index contributed by atoms with van der Waals surface area (Å²) in [7, 11) is 3.80. The molecule has 0 saturated carbocycles. The maximum absolute atomic E-state index is 10.9. The number of rotatable bonds is 2. The van der Waals surface area contributed by atoms with Crippen molar-refractivity contribution in [1.29, 1.82) is 0 Å². The van der Waals surface area contributed by atoms with Gasteiger partial charge in [0.25, 0.3) is 0 Å². The number of likely N-dealkylation sites (tertiary alicyclic amines) is 1. The smallest absolute Gasteiger partial charge is 0.220 e. The van der Waals surface area contributed by atoms with Crippen molar-refractivity contribution >= 4 is 5.91 Å². The van der Waals surface area contributed by atoms with Gasteiger partial charge in [-0.1, -0.05) is 0 Å². The molecule has 0 radical (unpaired) electrons. The molecule has 0 spiro atoms. The van der Waals surface area contributed by atoms with Gasteiger partial charge in [-0.3, -0.25) is 4.79 Å². The Balaban J connectivity index is 2.23. The molecule has 3 nitrogen and oxygen atoms in total. The highest BCUT2D eigenvalue weighted by Gasteiger charge is 2.21. The van der Waals surface area contributed by atoms with Gasteiger partial charge in [0.2, 0.25) is 5.91 Å². The lowest BCUT2D eigenvalue weighted by Gasteiger charge is -2.08. The van der Waals surface area contributed by atoms with Crippen molar-refractivity contribution in [3.63, 3.8) is 0 Å². The molecule has 1 heterocycles. The Morgan fingerprint density at radius 1 is 1.73 bits per heavy atom. The molecule has 1 fully saturated rings.